The molecule has 1 fully saturated rings. The van der Waals surface area contributed by atoms with E-state index in [1.54, 1.807) is 7.11 Å². The molecule has 0 spiro atoms. The van der Waals surface area contributed by atoms with Gasteiger partial charge in [-0.05, 0) is 44.7 Å². The number of hydrogen-bond donors (Lipinski definition) is 1. The topological polar surface area (TPSA) is 38.7 Å². The zero-order valence-electron chi connectivity index (χ0n) is 13.0. The van der Waals surface area contributed by atoms with Crippen molar-refractivity contribution in [2.75, 3.05) is 13.7 Å². The SMILES string of the molecule is CCOC1(C(O)c2ccc(C)c(C)c2OC)CCCC1. The van der Waals surface area contributed by atoms with Crippen LogP contribution in [0.5, 0.6) is 5.75 Å². The molecule has 0 saturated heterocycles. The van der Waals surface area contributed by atoms with Gasteiger partial charge in [0, 0.05) is 12.2 Å². The predicted molar refractivity (Wildman–Crippen MR) is 80.3 cm³/mol. The third-order valence-corrected chi connectivity index (χ3v) is 4.59. The van der Waals surface area contributed by atoms with Gasteiger partial charge in [-0.1, -0.05) is 25.0 Å². The quantitative estimate of drug-likeness (QED) is 0.892. The monoisotopic (exact) mass is 278 g/mol. The molecule has 1 aromatic rings. The van der Waals surface area contributed by atoms with Crippen molar-refractivity contribution in [1.29, 1.82) is 0 Å². The molecular formula is C17H26O3. The Balaban J connectivity index is 2.41. The maximum Gasteiger partial charge on any atom is 0.127 e. The van der Waals surface area contributed by atoms with E-state index in [1.165, 1.54) is 5.56 Å². The molecule has 0 bridgehead atoms. The number of hydrogen-bond acceptors (Lipinski definition) is 3. The Morgan fingerprint density at radius 1 is 1.25 bits per heavy atom. The lowest BCUT2D eigenvalue weighted by Gasteiger charge is -2.35. The van der Waals surface area contributed by atoms with Gasteiger partial charge in [0.15, 0.2) is 0 Å². The normalized spacial score (nSPS) is 19.1. The van der Waals surface area contributed by atoms with E-state index in [0.29, 0.717) is 6.61 Å². The minimum atomic E-state index is -0.626. The summed E-state index contributed by atoms with van der Waals surface area (Å²) in [6.07, 6.45) is 3.43. The van der Waals surface area contributed by atoms with E-state index >= 15 is 0 Å². The van der Waals surface area contributed by atoms with Gasteiger partial charge in [-0.3, -0.25) is 0 Å². The summed E-state index contributed by atoms with van der Waals surface area (Å²) in [5.74, 6) is 0.795. The van der Waals surface area contributed by atoms with Crippen LogP contribution in [0, 0.1) is 13.8 Å². The maximum atomic E-state index is 10.9. The largest absolute Gasteiger partial charge is 0.496 e. The minimum absolute atomic E-state index is 0.441. The number of rotatable bonds is 5. The number of ether oxygens (including phenoxy) is 2. The fourth-order valence-corrected chi connectivity index (χ4v) is 3.34. The van der Waals surface area contributed by atoms with Gasteiger partial charge in [0.1, 0.15) is 11.9 Å². The van der Waals surface area contributed by atoms with Gasteiger partial charge >= 0.3 is 0 Å². The fourth-order valence-electron chi connectivity index (χ4n) is 3.34. The van der Waals surface area contributed by atoms with E-state index in [1.807, 2.05) is 26.0 Å². The second-order valence-electron chi connectivity index (χ2n) is 5.74. The maximum absolute atomic E-state index is 10.9. The molecule has 112 valence electrons. The summed E-state index contributed by atoms with van der Waals surface area (Å²) in [6.45, 7) is 6.71. The zero-order valence-corrected chi connectivity index (χ0v) is 13.0. The van der Waals surface area contributed by atoms with Crippen molar-refractivity contribution in [3.05, 3.63) is 28.8 Å². The van der Waals surface area contributed by atoms with Gasteiger partial charge in [0.25, 0.3) is 0 Å². The van der Waals surface area contributed by atoms with Crippen LogP contribution in [0.4, 0.5) is 0 Å². The molecule has 1 aromatic carbocycles. The van der Waals surface area contributed by atoms with Crippen molar-refractivity contribution in [2.24, 2.45) is 0 Å². The van der Waals surface area contributed by atoms with E-state index in [4.69, 9.17) is 9.47 Å². The van der Waals surface area contributed by atoms with Crippen molar-refractivity contribution in [2.45, 2.75) is 58.2 Å². The molecule has 0 amide bonds. The van der Waals surface area contributed by atoms with Crippen LogP contribution in [0.2, 0.25) is 0 Å². The molecule has 1 atom stereocenters. The first kappa shape index (κ1) is 15.3. The lowest BCUT2D eigenvalue weighted by molar-refractivity contribution is -0.119. The van der Waals surface area contributed by atoms with Crippen LogP contribution in [0.15, 0.2) is 12.1 Å². The molecule has 1 aliphatic carbocycles. The third-order valence-electron chi connectivity index (χ3n) is 4.59. The number of aliphatic hydroxyl groups is 1. The first-order valence-electron chi connectivity index (χ1n) is 7.52. The fraction of sp³-hybridized carbons (Fsp3) is 0.647. The lowest BCUT2D eigenvalue weighted by Crippen LogP contribution is -2.37. The van der Waals surface area contributed by atoms with Crippen molar-refractivity contribution >= 4 is 0 Å². The average molecular weight is 278 g/mol. The first-order chi connectivity index (χ1) is 9.55. The summed E-state index contributed by atoms with van der Waals surface area (Å²) in [5.41, 5.74) is 2.68. The Hall–Kier alpha value is -1.06. The molecule has 1 unspecified atom stereocenters. The average Bonchev–Trinajstić information content (AvgIpc) is 2.91. The van der Waals surface area contributed by atoms with Crippen LogP contribution in [0.3, 0.4) is 0 Å². The van der Waals surface area contributed by atoms with Crippen LogP contribution in [0.1, 0.15) is 55.4 Å². The molecule has 20 heavy (non-hydrogen) atoms. The smallest absolute Gasteiger partial charge is 0.127 e. The molecule has 2 rings (SSSR count). The van der Waals surface area contributed by atoms with Crippen LogP contribution in [0.25, 0.3) is 0 Å². The molecule has 0 heterocycles. The van der Waals surface area contributed by atoms with Crippen LogP contribution < -0.4 is 4.74 Å². The number of aryl methyl sites for hydroxylation is 1. The minimum Gasteiger partial charge on any atom is -0.496 e. The zero-order chi connectivity index (χ0) is 14.8. The molecule has 0 radical (unpaired) electrons. The summed E-state index contributed by atoms with van der Waals surface area (Å²) >= 11 is 0. The summed E-state index contributed by atoms with van der Waals surface area (Å²) in [5, 5.41) is 10.9. The molecular weight excluding hydrogens is 252 g/mol. The molecule has 0 aromatic heterocycles. The summed E-state index contributed by atoms with van der Waals surface area (Å²) < 4.78 is 11.5. The van der Waals surface area contributed by atoms with Crippen molar-refractivity contribution in [3.8, 4) is 5.75 Å². The highest BCUT2D eigenvalue weighted by Gasteiger charge is 2.43. The summed E-state index contributed by atoms with van der Waals surface area (Å²) in [6, 6.07) is 4.02. The van der Waals surface area contributed by atoms with E-state index in [9.17, 15) is 5.11 Å². The second kappa shape index (κ2) is 6.15. The van der Waals surface area contributed by atoms with Crippen molar-refractivity contribution in [3.63, 3.8) is 0 Å². The van der Waals surface area contributed by atoms with Gasteiger partial charge in [0.2, 0.25) is 0 Å². The predicted octanol–water partition coefficient (Wildman–Crippen LogP) is 3.69. The van der Waals surface area contributed by atoms with Gasteiger partial charge in [0.05, 0.1) is 12.7 Å². The Labute approximate surface area is 121 Å². The number of methoxy groups -OCH3 is 1. The van der Waals surface area contributed by atoms with E-state index < -0.39 is 11.7 Å². The van der Waals surface area contributed by atoms with Crippen LogP contribution in [-0.4, -0.2) is 24.4 Å². The molecule has 3 nitrogen and oxygen atoms in total. The van der Waals surface area contributed by atoms with Crippen LogP contribution >= 0.6 is 0 Å². The first-order valence-corrected chi connectivity index (χ1v) is 7.52. The molecule has 1 aliphatic rings. The molecule has 1 N–H and O–H groups in total. The molecule has 0 aliphatic heterocycles. The third kappa shape index (κ3) is 2.57. The number of aliphatic hydroxyl groups excluding tert-OH is 1. The van der Waals surface area contributed by atoms with Gasteiger partial charge < -0.3 is 14.6 Å². The standard InChI is InChI=1S/C17H26O3/c1-5-20-17(10-6-7-11-17)16(18)14-9-8-12(2)13(3)15(14)19-4/h8-9,16,18H,5-7,10-11H2,1-4H3. The summed E-state index contributed by atoms with van der Waals surface area (Å²) in [7, 11) is 1.67. The number of benzene rings is 1. The highest BCUT2D eigenvalue weighted by atomic mass is 16.5. The van der Waals surface area contributed by atoms with E-state index in [0.717, 1.165) is 42.6 Å². The van der Waals surface area contributed by atoms with Gasteiger partial charge in [-0.2, -0.15) is 0 Å². The van der Waals surface area contributed by atoms with Crippen molar-refractivity contribution < 1.29 is 14.6 Å². The Bertz CT molecular complexity index is 462. The van der Waals surface area contributed by atoms with Crippen molar-refractivity contribution in [1.82, 2.24) is 0 Å². The Kier molecular flexibility index (Phi) is 4.71. The highest BCUT2D eigenvalue weighted by molar-refractivity contribution is 5.47. The summed E-state index contributed by atoms with van der Waals surface area (Å²) in [4.78, 5) is 0. The van der Waals surface area contributed by atoms with Gasteiger partial charge in [-0.15, -0.1) is 0 Å². The Morgan fingerprint density at radius 3 is 2.45 bits per heavy atom. The van der Waals surface area contributed by atoms with E-state index in [2.05, 4.69) is 6.92 Å². The van der Waals surface area contributed by atoms with E-state index in [-0.39, 0.29) is 0 Å². The van der Waals surface area contributed by atoms with Gasteiger partial charge in [-0.25, -0.2) is 0 Å². The molecule has 1 saturated carbocycles. The highest BCUT2D eigenvalue weighted by Crippen LogP contribution is 2.45. The second-order valence-corrected chi connectivity index (χ2v) is 5.74. The lowest BCUT2D eigenvalue weighted by atomic mass is 9.87. The molecule has 3 heteroatoms. The Morgan fingerprint density at radius 2 is 1.90 bits per heavy atom. The van der Waals surface area contributed by atoms with Crippen LogP contribution in [-0.2, 0) is 4.74 Å².